The molecular weight excluding hydrogens is 276 g/mol. The van der Waals surface area contributed by atoms with Crippen LogP contribution in [0.2, 0.25) is 0 Å². The lowest BCUT2D eigenvalue weighted by Gasteiger charge is -2.31. The Morgan fingerprint density at radius 1 is 1.27 bits per heavy atom. The van der Waals surface area contributed by atoms with Crippen LogP contribution in [-0.4, -0.2) is 44.1 Å². The number of benzene rings is 1. The number of rotatable bonds is 6. The average Bonchev–Trinajstić information content (AvgIpc) is 2.56. The van der Waals surface area contributed by atoms with E-state index in [-0.39, 0.29) is 5.92 Å². The number of carbonyl (C=O) groups excluding carboxylic acids is 1. The van der Waals surface area contributed by atoms with Crippen LogP contribution in [0.1, 0.15) is 32.3 Å². The Bertz CT molecular complexity index is 478. The average molecular weight is 305 g/mol. The fourth-order valence-corrected chi connectivity index (χ4v) is 3.31. The Kier molecular flexibility index (Phi) is 6.25. The van der Waals surface area contributed by atoms with Crippen LogP contribution in [0.25, 0.3) is 0 Å². The molecule has 1 aliphatic rings. The van der Waals surface area contributed by atoms with Gasteiger partial charge in [0, 0.05) is 37.4 Å². The number of piperidine rings is 1. The van der Waals surface area contributed by atoms with Crippen LogP contribution >= 0.6 is 0 Å². The van der Waals surface area contributed by atoms with Crippen LogP contribution in [0, 0.1) is 5.92 Å². The van der Waals surface area contributed by atoms with E-state index in [9.17, 15) is 4.79 Å². The number of likely N-dealkylation sites (tertiary alicyclic amines) is 1. The van der Waals surface area contributed by atoms with Gasteiger partial charge in [-0.1, -0.05) is 12.1 Å². The maximum absolute atomic E-state index is 12.4. The van der Waals surface area contributed by atoms with Gasteiger partial charge in [0.15, 0.2) is 0 Å². The normalized spacial score (nSPS) is 21.4. The Balaban J connectivity index is 1.85. The fourth-order valence-electron chi connectivity index (χ4n) is 3.31. The molecule has 0 radical (unpaired) electrons. The molecule has 4 nitrogen and oxygen atoms in total. The first-order chi connectivity index (χ1) is 10.7. The monoisotopic (exact) mass is 305 g/mol. The molecule has 1 N–H and O–H groups in total. The van der Waals surface area contributed by atoms with E-state index in [0.717, 1.165) is 51.3 Å². The molecule has 1 aromatic carbocycles. The highest BCUT2D eigenvalue weighted by atomic mass is 16.5. The molecule has 1 fully saturated rings. The van der Waals surface area contributed by atoms with Crippen LogP contribution in [0.3, 0.4) is 0 Å². The minimum Gasteiger partial charge on any atom is -0.497 e. The summed E-state index contributed by atoms with van der Waals surface area (Å²) in [6.45, 7) is 8.95. The number of amides is 1. The quantitative estimate of drug-likeness (QED) is 0.861. The summed E-state index contributed by atoms with van der Waals surface area (Å²) in [5.41, 5.74) is 1.31. The highest BCUT2D eigenvalue weighted by Crippen LogP contribution is 2.15. The smallest absolute Gasteiger partial charge is 0.226 e. The van der Waals surface area contributed by atoms with Crippen molar-refractivity contribution in [3.8, 4) is 5.75 Å². The maximum atomic E-state index is 12.4. The number of hydrogen-bond acceptors (Lipinski definition) is 2. The standard InChI is InChI=1S/C18H28N2O2/c1-4-20(5-2)18(21)16-9-11-19(12-10-16)14-15-7-6-8-17(13-15)22-3/h6-8,13,16H,4-5,9-12,14H2,1-3H3/p+1. The van der Waals surface area contributed by atoms with Crippen molar-refractivity contribution in [1.29, 1.82) is 0 Å². The maximum Gasteiger partial charge on any atom is 0.226 e. The molecule has 1 aromatic rings. The minimum atomic E-state index is 0.231. The Morgan fingerprint density at radius 3 is 2.55 bits per heavy atom. The molecule has 1 amide bonds. The van der Waals surface area contributed by atoms with E-state index in [0.29, 0.717) is 5.91 Å². The van der Waals surface area contributed by atoms with Gasteiger partial charge in [0.25, 0.3) is 0 Å². The topological polar surface area (TPSA) is 34.0 Å². The zero-order valence-electron chi connectivity index (χ0n) is 14.1. The molecule has 0 spiro atoms. The van der Waals surface area contributed by atoms with Crippen molar-refractivity contribution in [1.82, 2.24) is 4.90 Å². The van der Waals surface area contributed by atoms with Gasteiger partial charge in [-0.3, -0.25) is 4.79 Å². The van der Waals surface area contributed by atoms with Crippen molar-refractivity contribution in [2.24, 2.45) is 5.92 Å². The van der Waals surface area contributed by atoms with Gasteiger partial charge in [-0.15, -0.1) is 0 Å². The second-order valence-electron chi connectivity index (χ2n) is 6.06. The third-order valence-electron chi connectivity index (χ3n) is 4.71. The highest BCUT2D eigenvalue weighted by Gasteiger charge is 2.29. The van der Waals surface area contributed by atoms with E-state index in [1.807, 2.05) is 17.0 Å². The minimum absolute atomic E-state index is 0.231. The number of nitrogens with one attached hydrogen (secondary N) is 1. The molecule has 2 rings (SSSR count). The fraction of sp³-hybridized carbons (Fsp3) is 0.611. The lowest BCUT2D eigenvalue weighted by molar-refractivity contribution is -0.919. The molecule has 0 atom stereocenters. The lowest BCUT2D eigenvalue weighted by atomic mass is 9.95. The summed E-state index contributed by atoms with van der Waals surface area (Å²) in [4.78, 5) is 15.9. The number of nitrogens with zero attached hydrogens (tertiary/aromatic N) is 1. The van der Waals surface area contributed by atoms with Crippen molar-refractivity contribution >= 4 is 5.91 Å². The molecule has 1 heterocycles. The van der Waals surface area contributed by atoms with Crippen molar-refractivity contribution in [3.05, 3.63) is 29.8 Å². The van der Waals surface area contributed by atoms with Gasteiger partial charge in [-0.25, -0.2) is 0 Å². The second kappa shape index (κ2) is 8.18. The first-order valence-electron chi connectivity index (χ1n) is 8.43. The molecule has 0 aliphatic carbocycles. The molecule has 0 aromatic heterocycles. The van der Waals surface area contributed by atoms with Gasteiger partial charge in [0.05, 0.1) is 20.2 Å². The number of methoxy groups -OCH3 is 1. The van der Waals surface area contributed by atoms with Crippen molar-refractivity contribution in [2.45, 2.75) is 33.2 Å². The van der Waals surface area contributed by atoms with Gasteiger partial charge in [0.2, 0.25) is 5.91 Å². The lowest BCUT2D eigenvalue weighted by Crippen LogP contribution is -3.11. The van der Waals surface area contributed by atoms with Gasteiger partial charge in [-0.05, 0) is 26.0 Å². The summed E-state index contributed by atoms with van der Waals surface area (Å²) in [7, 11) is 1.70. The number of hydrogen-bond donors (Lipinski definition) is 1. The van der Waals surface area contributed by atoms with Crippen LogP contribution in [-0.2, 0) is 11.3 Å². The largest absolute Gasteiger partial charge is 0.497 e. The highest BCUT2D eigenvalue weighted by molar-refractivity contribution is 5.78. The zero-order chi connectivity index (χ0) is 15.9. The number of quaternary nitrogens is 1. The molecule has 4 heteroatoms. The van der Waals surface area contributed by atoms with Gasteiger partial charge >= 0.3 is 0 Å². The number of carbonyl (C=O) groups is 1. The molecule has 1 aliphatic heterocycles. The first-order valence-corrected chi connectivity index (χ1v) is 8.43. The molecular formula is C18H29N2O2+. The Labute approximate surface area is 134 Å². The Hall–Kier alpha value is -1.55. The predicted octanol–water partition coefficient (Wildman–Crippen LogP) is 1.36. The molecule has 22 heavy (non-hydrogen) atoms. The Morgan fingerprint density at radius 2 is 1.95 bits per heavy atom. The first kappa shape index (κ1) is 16.8. The second-order valence-corrected chi connectivity index (χ2v) is 6.06. The van der Waals surface area contributed by atoms with Gasteiger partial charge < -0.3 is 14.5 Å². The summed E-state index contributed by atoms with van der Waals surface area (Å²) >= 11 is 0. The van der Waals surface area contributed by atoms with E-state index in [1.54, 1.807) is 12.0 Å². The third kappa shape index (κ3) is 4.23. The SMILES string of the molecule is CCN(CC)C(=O)C1CC[NH+](Cc2cccc(OC)c2)CC1. The van der Waals surface area contributed by atoms with E-state index >= 15 is 0 Å². The molecule has 1 saturated heterocycles. The molecule has 0 unspecified atom stereocenters. The van der Waals surface area contributed by atoms with Crippen molar-refractivity contribution < 1.29 is 14.4 Å². The summed E-state index contributed by atoms with van der Waals surface area (Å²) in [5, 5.41) is 0. The van der Waals surface area contributed by atoms with Crippen LogP contribution in [0.5, 0.6) is 5.75 Å². The van der Waals surface area contributed by atoms with Gasteiger partial charge in [0.1, 0.15) is 12.3 Å². The summed E-state index contributed by atoms with van der Waals surface area (Å²) < 4.78 is 5.28. The number of ether oxygens (including phenoxy) is 1. The van der Waals surface area contributed by atoms with E-state index in [2.05, 4.69) is 26.0 Å². The third-order valence-corrected chi connectivity index (χ3v) is 4.71. The van der Waals surface area contributed by atoms with E-state index in [4.69, 9.17) is 4.74 Å². The summed E-state index contributed by atoms with van der Waals surface area (Å²) in [6, 6.07) is 8.29. The van der Waals surface area contributed by atoms with Crippen LogP contribution < -0.4 is 9.64 Å². The van der Waals surface area contributed by atoms with Crippen molar-refractivity contribution in [3.63, 3.8) is 0 Å². The van der Waals surface area contributed by atoms with Crippen LogP contribution in [0.4, 0.5) is 0 Å². The zero-order valence-corrected chi connectivity index (χ0v) is 14.1. The van der Waals surface area contributed by atoms with Gasteiger partial charge in [-0.2, -0.15) is 0 Å². The predicted molar refractivity (Wildman–Crippen MR) is 88.0 cm³/mol. The van der Waals surface area contributed by atoms with E-state index < -0.39 is 0 Å². The van der Waals surface area contributed by atoms with Crippen molar-refractivity contribution in [2.75, 3.05) is 33.3 Å². The van der Waals surface area contributed by atoms with Crippen LogP contribution in [0.15, 0.2) is 24.3 Å². The molecule has 122 valence electrons. The van der Waals surface area contributed by atoms with E-state index in [1.165, 1.54) is 5.56 Å². The summed E-state index contributed by atoms with van der Waals surface area (Å²) in [5.74, 6) is 1.50. The summed E-state index contributed by atoms with van der Waals surface area (Å²) in [6.07, 6.45) is 2.02. The molecule has 0 saturated carbocycles. The molecule has 0 bridgehead atoms.